The molecule has 1 rings (SSSR count). The second-order valence-corrected chi connectivity index (χ2v) is 5.61. The van der Waals surface area contributed by atoms with Gasteiger partial charge >= 0.3 is 5.97 Å². The fourth-order valence-corrected chi connectivity index (χ4v) is 3.22. The van der Waals surface area contributed by atoms with Crippen molar-refractivity contribution in [3.8, 4) is 0 Å². The van der Waals surface area contributed by atoms with Crippen molar-refractivity contribution in [1.82, 2.24) is 9.03 Å². The van der Waals surface area contributed by atoms with Crippen molar-refractivity contribution in [3.05, 3.63) is 0 Å². The molecule has 1 fully saturated rings. The Balaban J connectivity index is 2.83. The zero-order valence-corrected chi connectivity index (χ0v) is 10.7. The fraction of sp³-hybridized carbons (Fsp3) is 0.889. The van der Waals surface area contributed by atoms with Crippen LogP contribution in [-0.4, -0.2) is 56.1 Å². The van der Waals surface area contributed by atoms with Crippen LogP contribution in [0.5, 0.6) is 0 Å². The molecule has 0 amide bonds. The molecule has 8 heteroatoms. The molecule has 2 N–H and O–H groups in total. The number of β-amino-alcohol motifs (C(OH)–C–C–N with tert-alkyl or cyclic N) is 1. The maximum absolute atomic E-state index is 11.9. The minimum Gasteiger partial charge on any atom is -0.468 e. The zero-order valence-electron chi connectivity index (χ0n) is 9.92. The Kier molecular flexibility index (Phi) is 4.87. The minimum atomic E-state index is -3.74. The molecule has 0 aromatic rings. The second kappa shape index (κ2) is 5.76. The van der Waals surface area contributed by atoms with Crippen molar-refractivity contribution in [2.24, 2.45) is 0 Å². The van der Waals surface area contributed by atoms with Crippen molar-refractivity contribution < 1.29 is 23.1 Å². The number of aliphatic hydroxyl groups is 1. The number of ether oxygens (including phenoxy) is 1. The van der Waals surface area contributed by atoms with E-state index in [1.165, 1.54) is 7.11 Å². The zero-order chi connectivity index (χ0) is 13.1. The van der Waals surface area contributed by atoms with Crippen LogP contribution in [0.4, 0.5) is 0 Å². The van der Waals surface area contributed by atoms with Crippen LogP contribution in [-0.2, 0) is 19.7 Å². The third-order valence-electron chi connectivity index (χ3n) is 2.55. The summed E-state index contributed by atoms with van der Waals surface area (Å²) in [5.41, 5.74) is 0. The number of carbonyl (C=O) groups excluding carboxylic acids is 1. The first-order valence-corrected chi connectivity index (χ1v) is 6.88. The molecule has 1 heterocycles. The highest BCUT2D eigenvalue weighted by atomic mass is 32.2. The summed E-state index contributed by atoms with van der Waals surface area (Å²) in [6.07, 6.45) is -0.115. The molecule has 2 atom stereocenters. The highest BCUT2D eigenvalue weighted by Gasteiger charge is 2.43. The van der Waals surface area contributed by atoms with Gasteiger partial charge in [-0.25, -0.2) is 4.72 Å². The molecule has 0 spiro atoms. The number of nitrogens with zero attached hydrogens (tertiary/aromatic N) is 1. The van der Waals surface area contributed by atoms with E-state index in [4.69, 9.17) is 0 Å². The molecular formula is C9H18N2O5S. The van der Waals surface area contributed by atoms with Crippen LogP contribution in [0.15, 0.2) is 0 Å². The molecule has 7 nitrogen and oxygen atoms in total. The number of rotatable bonds is 5. The quantitative estimate of drug-likeness (QED) is 0.612. The van der Waals surface area contributed by atoms with Gasteiger partial charge in [0.25, 0.3) is 10.2 Å². The van der Waals surface area contributed by atoms with Crippen LogP contribution < -0.4 is 4.72 Å². The molecular weight excluding hydrogens is 248 g/mol. The molecule has 0 aromatic heterocycles. The number of methoxy groups -OCH3 is 1. The molecule has 1 aliphatic heterocycles. The predicted octanol–water partition coefficient (Wildman–Crippen LogP) is -1.16. The summed E-state index contributed by atoms with van der Waals surface area (Å²) in [6.45, 7) is 2.04. The van der Waals surface area contributed by atoms with Gasteiger partial charge in [0, 0.05) is 19.5 Å². The van der Waals surface area contributed by atoms with E-state index in [9.17, 15) is 18.3 Å². The molecule has 0 aromatic carbocycles. The van der Waals surface area contributed by atoms with Gasteiger partial charge in [-0.05, 0) is 6.42 Å². The van der Waals surface area contributed by atoms with Crippen LogP contribution in [0, 0.1) is 0 Å². The van der Waals surface area contributed by atoms with E-state index in [0.717, 1.165) is 4.31 Å². The lowest BCUT2D eigenvalue weighted by molar-refractivity contribution is -0.144. The van der Waals surface area contributed by atoms with Crippen molar-refractivity contribution in [2.75, 3.05) is 20.2 Å². The summed E-state index contributed by atoms with van der Waals surface area (Å²) in [7, 11) is -2.55. The van der Waals surface area contributed by atoms with Gasteiger partial charge in [-0.3, -0.25) is 4.79 Å². The summed E-state index contributed by atoms with van der Waals surface area (Å²) < 4.78 is 31.6. The van der Waals surface area contributed by atoms with Gasteiger partial charge in [-0.1, -0.05) is 6.92 Å². The molecule has 0 radical (unpaired) electrons. The number of nitrogens with one attached hydrogen (secondary N) is 1. The second-order valence-electron chi connectivity index (χ2n) is 3.90. The Hall–Kier alpha value is -0.700. The van der Waals surface area contributed by atoms with E-state index >= 15 is 0 Å². The Morgan fingerprint density at radius 2 is 2.24 bits per heavy atom. The summed E-state index contributed by atoms with van der Waals surface area (Å²) in [4.78, 5) is 11.4. The van der Waals surface area contributed by atoms with Crippen LogP contribution in [0.3, 0.4) is 0 Å². The van der Waals surface area contributed by atoms with E-state index in [-0.39, 0.29) is 13.0 Å². The fourth-order valence-electron chi connectivity index (χ4n) is 1.71. The number of esters is 1. The topological polar surface area (TPSA) is 95.9 Å². The SMILES string of the molecule is CCCNS(=O)(=O)N1CC(O)CC1C(=O)OC. The van der Waals surface area contributed by atoms with Crippen molar-refractivity contribution in [3.63, 3.8) is 0 Å². The highest BCUT2D eigenvalue weighted by Crippen LogP contribution is 2.21. The van der Waals surface area contributed by atoms with Gasteiger partial charge in [-0.2, -0.15) is 12.7 Å². The minimum absolute atomic E-state index is 0.0692. The van der Waals surface area contributed by atoms with E-state index in [1.54, 1.807) is 0 Å². The Labute approximate surface area is 101 Å². The average Bonchev–Trinajstić information content (AvgIpc) is 2.68. The normalized spacial score (nSPS) is 26.1. The first-order valence-electron chi connectivity index (χ1n) is 5.44. The predicted molar refractivity (Wildman–Crippen MR) is 60.3 cm³/mol. The highest BCUT2D eigenvalue weighted by molar-refractivity contribution is 7.87. The summed E-state index contributed by atoms with van der Waals surface area (Å²) >= 11 is 0. The number of hydrogen-bond donors (Lipinski definition) is 2. The van der Waals surface area contributed by atoms with Crippen molar-refractivity contribution in [1.29, 1.82) is 0 Å². The molecule has 2 unspecified atom stereocenters. The van der Waals surface area contributed by atoms with Crippen molar-refractivity contribution >= 4 is 16.2 Å². The standard InChI is InChI=1S/C9H18N2O5S/c1-3-4-10-17(14,15)11-6-7(12)5-8(11)9(13)16-2/h7-8,10,12H,3-6H2,1-2H3. The molecule has 0 aliphatic carbocycles. The van der Waals surface area contributed by atoms with Gasteiger partial charge in [0.15, 0.2) is 0 Å². The van der Waals surface area contributed by atoms with Crippen LogP contribution >= 0.6 is 0 Å². The Morgan fingerprint density at radius 3 is 2.76 bits per heavy atom. The lowest BCUT2D eigenvalue weighted by Crippen LogP contribution is -2.47. The first-order chi connectivity index (χ1) is 7.92. The summed E-state index contributed by atoms with van der Waals surface area (Å²) in [5.74, 6) is -0.650. The summed E-state index contributed by atoms with van der Waals surface area (Å²) in [5, 5.41) is 9.46. The van der Waals surface area contributed by atoms with E-state index in [2.05, 4.69) is 9.46 Å². The van der Waals surface area contributed by atoms with E-state index in [0.29, 0.717) is 13.0 Å². The maximum Gasteiger partial charge on any atom is 0.324 e. The van der Waals surface area contributed by atoms with E-state index in [1.807, 2.05) is 6.92 Å². The van der Waals surface area contributed by atoms with E-state index < -0.39 is 28.3 Å². The average molecular weight is 266 g/mol. The number of carbonyl (C=O) groups is 1. The Morgan fingerprint density at radius 1 is 1.59 bits per heavy atom. The Bertz CT molecular complexity index is 370. The van der Waals surface area contributed by atoms with Crippen LogP contribution in [0.25, 0.3) is 0 Å². The van der Waals surface area contributed by atoms with Crippen LogP contribution in [0.2, 0.25) is 0 Å². The van der Waals surface area contributed by atoms with Gasteiger partial charge in [-0.15, -0.1) is 0 Å². The largest absolute Gasteiger partial charge is 0.468 e. The third-order valence-corrected chi connectivity index (χ3v) is 4.14. The smallest absolute Gasteiger partial charge is 0.324 e. The van der Waals surface area contributed by atoms with Crippen molar-refractivity contribution in [2.45, 2.75) is 31.9 Å². The monoisotopic (exact) mass is 266 g/mol. The molecule has 1 saturated heterocycles. The summed E-state index contributed by atoms with van der Waals surface area (Å²) in [6, 6.07) is -0.940. The number of aliphatic hydroxyl groups excluding tert-OH is 1. The number of hydrogen-bond acceptors (Lipinski definition) is 5. The van der Waals surface area contributed by atoms with Gasteiger partial charge in [0.05, 0.1) is 13.2 Å². The molecule has 1 aliphatic rings. The lowest BCUT2D eigenvalue weighted by atomic mass is 10.2. The lowest BCUT2D eigenvalue weighted by Gasteiger charge is -2.21. The molecule has 17 heavy (non-hydrogen) atoms. The van der Waals surface area contributed by atoms with Gasteiger partial charge in [0.1, 0.15) is 6.04 Å². The molecule has 0 saturated carbocycles. The molecule has 0 bridgehead atoms. The van der Waals surface area contributed by atoms with Crippen LogP contribution in [0.1, 0.15) is 19.8 Å². The third kappa shape index (κ3) is 3.38. The first kappa shape index (κ1) is 14.4. The van der Waals surface area contributed by atoms with Gasteiger partial charge < -0.3 is 9.84 Å². The maximum atomic E-state index is 11.9. The molecule has 100 valence electrons. The van der Waals surface area contributed by atoms with Gasteiger partial charge in [0.2, 0.25) is 0 Å².